The van der Waals surface area contributed by atoms with Gasteiger partial charge in [0.05, 0.1) is 10.6 Å². The molecule has 4 rings (SSSR count). The van der Waals surface area contributed by atoms with E-state index in [0.29, 0.717) is 5.56 Å². The van der Waals surface area contributed by atoms with Gasteiger partial charge in [0.25, 0.3) is 11.8 Å². The Kier molecular flexibility index (Phi) is 6.26. The first-order chi connectivity index (χ1) is 16.1. The minimum absolute atomic E-state index is 0.00580. The Morgan fingerprint density at radius 2 is 1.56 bits per heavy atom. The smallest absolute Gasteiger partial charge is 0.325 e. The van der Waals surface area contributed by atoms with Crippen molar-refractivity contribution in [2.45, 2.75) is 12.5 Å². The van der Waals surface area contributed by atoms with Crippen molar-refractivity contribution < 1.29 is 28.0 Å². The molecule has 2 fully saturated rings. The fraction of sp³-hybridized carbons (Fsp3) is 0.304. The first kappa shape index (κ1) is 23.6. The highest BCUT2D eigenvalue weighted by molar-refractivity contribution is 6.33. The van der Waals surface area contributed by atoms with Crippen LogP contribution in [0.4, 0.5) is 13.6 Å². The van der Waals surface area contributed by atoms with Crippen LogP contribution in [0.1, 0.15) is 22.8 Å². The zero-order valence-corrected chi connectivity index (χ0v) is 18.9. The van der Waals surface area contributed by atoms with Crippen molar-refractivity contribution >= 4 is 35.4 Å². The molecule has 0 saturated carbocycles. The average molecular weight is 491 g/mol. The summed E-state index contributed by atoms with van der Waals surface area (Å²) in [6.45, 7) is 1.86. The minimum atomic E-state index is -1.41. The summed E-state index contributed by atoms with van der Waals surface area (Å²) in [4.78, 5) is 54.7. The second-order valence-electron chi connectivity index (χ2n) is 8.25. The number of rotatable bonds is 4. The molecule has 0 radical (unpaired) electrons. The molecule has 2 saturated heterocycles. The molecule has 11 heteroatoms. The summed E-state index contributed by atoms with van der Waals surface area (Å²) >= 11 is 5.97. The van der Waals surface area contributed by atoms with E-state index in [0.717, 1.165) is 17.0 Å². The first-order valence-corrected chi connectivity index (χ1v) is 10.9. The van der Waals surface area contributed by atoms with Gasteiger partial charge >= 0.3 is 6.03 Å². The zero-order valence-electron chi connectivity index (χ0n) is 18.2. The molecular formula is C23H21ClF2N4O4. The third kappa shape index (κ3) is 4.33. The number of carbonyl (C=O) groups is 4. The molecule has 5 amide bonds. The number of piperazine rings is 1. The molecule has 1 atom stereocenters. The fourth-order valence-corrected chi connectivity index (χ4v) is 4.29. The molecule has 2 aliphatic rings. The Balaban J connectivity index is 1.37. The van der Waals surface area contributed by atoms with Crippen molar-refractivity contribution in [1.29, 1.82) is 0 Å². The van der Waals surface area contributed by atoms with E-state index >= 15 is 0 Å². The van der Waals surface area contributed by atoms with Crippen molar-refractivity contribution in [3.05, 3.63) is 70.2 Å². The minimum Gasteiger partial charge on any atom is -0.338 e. The van der Waals surface area contributed by atoms with Crippen molar-refractivity contribution in [2.75, 3.05) is 32.7 Å². The molecule has 1 unspecified atom stereocenters. The van der Waals surface area contributed by atoms with E-state index in [4.69, 9.17) is 11.6 Å². The van der Waals surface area contributed by atoms with Gasteiger partial charge in [-0.25, -0.2) is 13.6 Å². The van der Waals surface area contributed by atoms with Crippen molar-refractivity contribution in [1.82, 2.24) is 20.0 Å². The normalized spacial score (nSPS) is 20.5. The molecule has 2 aliphatic heterocycles. The number of nitrogens with one attached hydrogen (secondary N) is 1. The van der Waals surface area contributed by atoms with Crippen LogP contribution in [0.5, 0.6) is 0 Å². The monoisotopic (exact) mass is 490 g/mol. The number of nitrogens with zero attached hydrogens (tertiary/aromatic N) is 3. The highest BCUT2D eigenvalue weighted by Gasteiger charge is 2.49. The predicted octanol–water partition coefficient (Wildman–Crippen LogP) is 2.37. The van der Waals surface area contributed by atoms with Gasteiger partial charge in [-0.15, -0.1) is 0 Å². The maximum absolute atomic E-state index is 13.3. The molecule has 2 heterocycles. The summed E-state index contributed by atoms with van der Waals surface area (Å²) in [5, 5.41) is 2.58. The molecule has 0 spiro atoms. The van der Waals surface area contributed by atoms with Gasteiger partial charge in [0.15, 0.2) is 0 Å². The fourth-order valence-electron chi connectivity index (χ4n) is 4.05. The number of carbonyl (C=O) groups excluding carboxylic acids is 4. The van der Waals surface area contributed by atoms with E-state index < -0.39 is 41.6 Å². The maximum atomic E-state index is 13.3. The molecule has 2 aromatic rings. The van der Waals surface area contributed by atoms with E-state index in [1.54, 1.807) is 0 Å². The van der Waals surface area contributed by atoms with Crippen LogP contribution in [0.2, 0.25) is 5.02 Å². The van der Waals surface area contributed by atoms with Crippen molar-refractivity contribution in [3.8, 4) is 0 Å². The van der Waals surface area contributed by atoms with E-state index in [1.807, 2.05) is 0 Å². The summed E-state index contributed by atoms with van der Waals surface area (Å²) in [6.07, 6.45) is 0. The van der Waals surface area contributed by atoms with E-state index in [1.165, 1.54) is 47.1 Å². The summed E-state index contributed by atoms with van der Waals surface area (Å²) < 4.78 is 26.5. The lowest BCUT2D eigenvalue weighted by molar-refractivity contribution is -0.139. The van der Waals surface area contributed by atoms with Gasteiger partial charge in [-0.3, -0.25) is 19.3 Å². The molecule has 0 aromatic heterocycles. The second kappa shape index (κ2) is 9.02. The van der Waals surface area contributed by atoms with Crippen LogP contribution >= 0.6 is 11.6 Å². The molecule has 0 aliphatic carbocycles. The largest absolute Gasteiger partial charge is 0.338 e. The van der Waals surface area contributed by atoms with E-state index in [9.17, 15) is 28.0 Å². The van der Waals surface area contributed by atoms with Crippen molar-refractivity contribution in [3.63, 3.8) is 0 Å². The van der Waals surface area contributed by atoms with Crippen molar-refractivity contribution in [2.24, 2.45) is 0 Å². The van der Waals surface area contributed by atoms with Gasteiger partial charge in [0.1, 0.15) is 23.7 Å². The lowest BCUT2D eigenvalue weighted by Crippen LogP contribution is -2.53. The van der Waals surface area contributed by atoms with Gasteiger partial charge in [-0.2, -0.15) is 0 Å². The van der Waals surface area contributed by atoms with Gasteiger partial charge in [-0.05, 0) is 42.8 Å². The second-order valence-corrected chi connectivity index (χ2v) is 8.66. The Labute approximate surface area is 199 Å². The quantitative estimate of drug-likeness (QED) is 0.666. The summed E-state index contributed by atoms with van der Waals surface area (Å²) in [7, 11) is 0. The number of amides is 5. The predicted molar refractivity (Wildman–Crippen MR) is 118 cm³/mol. The first-order valence-electron chi connectivity index (χ1n) is 10.5. The third-order valence-electron chi connectivity index (χ3n) is 6.07. The highest BCUT2D eigenvalue weighted by Crippen LogP contribution is 2.29. The average Bonchev–Trinajstić information content (AvgIpc) is 3.03. The standard InChI is InChI=1S/C23H21ClF2N4O4/c1-23(14-2-4-15(25)5-3-14)21(33)30(22(34)27-23)13-19(31)28-8-10-29(11-9-28)20(32)17-7-6-16(26)12-18(17)24/h2-7,12H,8-11,13H2,1H3,(H,27,34). The van der Waals surface area contributed by atoms with Crippen LogP contribution < -0.4 is 5.32 Å². The SMILES string of the molecule is CC1(c2ccc(F)cc2)NC(=O)N(CC(=O)N2CCN(C(=O)c3ccc(F)cc3Cl)CC2)C1=O. The molecule has 8 nitrogen and oxygen atoms in total. The molecule has 0 bridgehead atoms. The van der Waals surface area contributed by atoms with Gasteiger partial charge < -0.3 is 15.1 Å². The van der Waals surface area contributed by atoms with E-state index in [2.05, 4.69) is 5.32 Å². The molecule has 178 valence electrons. The highest BCUT2D eigenvalue weighted by atomic mass is 35.5. The molecule has 2 aromatic carbocycles. The van der Waals surface area contributed by atoms with Crippen LogP contribution in [-0.2, 0) is 15.1 Å². The maximum Gasteiger partial charge on any atom is 0.325 e. The summed E-state index contributed by atoms with van der Waals surface area (Å²) in [6, 6.07) is 7.99. The Morgan fingerprint density at radius 1 is 0.971 bits per heavy atom. The van der Waals surface area contributed by atoms with Crippen LogP contribution in [0.15, 0.2) is 42.5 Å². The topological polar surface area (TPSA) is 90.0 Å². The Hall–Kier alpha value is -3.53. The number of hydrogen-bond acceptors (Lipinski definition) is 4. The molecular weight excluding hydrogens is 470 g/mol. The number of hydrogen-bond donors (Lipinski definition) is 1. The van der Waals surface area contributed by atoms with Crippen LogP contribution in [0.3, 0.4) is 0 Å². The Morgan fingerprint density at radius 3 is 2.18 bits per heavy atom. The van der Waals surface area contributed by atoms with Crippen LogP contribution in [0, 0.1) is 11.6 Å². The number of benzene rings is 2. The van der Waals surface area contributed by atoms with Gasteiger partial charge in [0.2, 0.25) is 5.91 Å². The zero-order chi connectivity index (χ0) is 24.6. The lowest BCUT2D eigenvalue weighted by Gasteiger charge is -2.35. The molecule has 1 N–H and O–H groups in total. The number of halogens is 3. The van der Waals surface area contributed by atoms with Crippen LogP contribution in [0.25, 0.3) is 0 Å². The van der Waals surface area contributed by atoms with Gasteiger partial charge in [0, 0.05) is 26.2 Å². The Bertz CT molecular complexity index is 1170. The molecule has 34 heavy (non-hydrogen) atoms. The van der Waals surface area contributed by atoms with E-state index in [-0.39, 0.29) is 42.7 Å². The number of imide groups is 1. The summed E-state index contributed by atoms with van der Waals surface area (Å²) in [5.41, 5.74) is -0.846. The lowest BCUT2D eigenvalue weighted by atomic mass is 9.92. The van der Waals surface area contributed by atoms with Gasteiger partial charge in [-0.1, -0.05) is 23.7 Å². The summed E-state index contributed by atoms with van der Waals surface area (Å²) in [5.74, 6) is -2.46. The van der Waals surface area contributed by atoms with Crippen LogP contribution in [-0.4, -0.2) is 71.2 Å². The third-order valence-corrected chi connectivity index (χ3v) is 6.38. The number of urea groups is 1.